The predicted octanol–water partition coefficient (Wildman–Crippen LogP) is 1.58. The lowest BCUT2D eigenvalue weighted by molar-refractivity contribution is 0.0848. The Morgan fingerprint density at radius 2 is 2.60 bits per heavy atom. The van der Waals surface area contributed by atoms with Gasteiger partial charge in [-0.15, -0.1) is 0 Å². The van der Waals surface area contributed by atoms with Crippen LogP contribution in [0.25, 0.3) is 0 Å². The quantitative estimate of drug-likeness (QED) is 0.621. The highest BCUT2D eigenvalue weighted by molar-refractivity contribution is 7.08. The monoisotopic (exact) mass is 156 g/mol. The molecular weight excluding hydrogens is 148 g/mol. The van der Waals surface area contributed by atoms with Crippen molar-refractivity contribution in [2.45, 2.75) is 0 Å². The lowest BCUT2D eigenvalue weighted by Crippen LogP contribution is -2.04. The van der Waals surface area contributed by atoms with Gasteiger partial charge in [-0.1, -0.05) is 0 Å². The van der Waals surface area contributed by atoms with Gasteiger partial charge in [0.15, 0.2) is 5.78 Å². The Kier molecular flexibility index (Phi) is 2.59. The largest absolute Gasteiger partial charge is 0.377 e. The molecule has 0 atom stereocenters. The molecule has 3 heteroatoms. The molecule has 0 bridgehead atoms. The van der Waals surface area contributed by atoms with Gasteiger partial charge in [-0.05, 0) is 11.4 Å². The van der Waals surface area contributed by atoms with E-state index in [9.17, 15) is 4.79 Å². The van der Waals surface area contributed by atoms with Crippen LogP contribution in [0.15, 0.2) is 16.8 Å². The van der Waals surface area contributed by atoms with E-state index in [2.05, 4.69) is 4.74 Å². The molecule has 0 N–H and O–H groups in total. The van der Waals surface area contributed by atoms with E-state index in [-0.39, 0.29) is 12.4 Å². The Bertz CT molecular complexity index is 203. The zero-order chi connectivity index (χ0) is 7.40. The highest BCUT2D eigenvalue weighted by Gasteiger charge is 2.03. The molecule has 0 saturated heterocycles. The Morgan fingerprint density at radius 1 is 1.80 bits per heavy atom. The fourth-order valence-electron chi connectivity index (χ4n) is 0.638. The van der Waals surface area contributed by atoms with E-state index >= 15 is 0 Å². The van der Waals surface area contributed by atoms with E-state index in [0.29, 0.717) is 0 Å². The fraction of sp³-hybridized carbons (Fsp3) is 0.286. The molecule has 0 aromatic carbocycles. The van der Waals surface area contributed by atoms with Crippen molar-refractivity contribution >= 4 is 17.1 Å². The van der Waals surface area contributed by atoms with Crippen molar-refractivity contribution in [1.82, 2.24) is 0 Å². The summed E-state index contributed by atoms with van der Waals surface area (Å²) in [6.45, 7) is 0.177. The van der Waals surface area contributed by atoms with Crippen molar-refractivity contribution < 1.29 is 9.53 Å². The molecule has 0 radical (unpaired) electrons. The molecular formula is C7H8O2S. The molecule has 0 aliphatic rings. The van der Waals surface area contributed by atoms with Gasteiger partial charge >= 0.3 is 0 Å². The smallest absolute Gasteiger partial charge is 0.189 e. The number of methoxy groups -OCH3 is 1. The summed E-state index contributed by atoms with van der Waals surface area (Å²) in [4.78, 5) is 11.0. The van der Waals surface area contributed by atoms with Crippen molar-refractivity contribution in [1.29, 1.82) is 0 Å². The number of hydrogen-bond acceptors (Lipinski definition) is 3. The van der Waals surface area contributed by atoms with Crippen LogP contribution in [0.3, 0.4) is 0 Å². The first-order valence-electron chi connectivity index (χ1n) is 2.89. The minimum absolute atomic E-state index is 0.0451. The molecule has 10 heavy (non-hydrogen) atoms. The maximum atomic E-state index is 11.0. The zero-order valence-corrected chi connectivity index (χ0v) is 6.48. The summed E-state index contributed by atoms with van der Waals surface area (Å²) in [7, 11) is 1.52. The molecule has 1 rings (SSSR count). The second kappa shape index (κ2) is 3.49. The summed E-state index contributed by atoms with van der Waals surface area (Å²) in [5.41, 5.74) is 0.742. The lowest BCUT2D eigenvalue weighted by atomic mass is 10.2. The third-order valence-corrected chi connectivity index (χ3v) is 1.80. The van der Waals surface area contributed by atoms with E-state index in [1.807, 2.05) is 10.8 Å². The summed E-state index contributed by atoms with van der Waals surface area (Å²) >= 11 is 1.52. The molecule has 0 aliphatic carbocycles. The third-order valence-electron chi connectivity index (χ3n) is 1.12. The summed E-state index contributed by atoms with van der Waals surface area (Å²) in [6, 6.07) is 1.80. The number of ether oxygens (including phenoxy) is 1. The number of ketones is 1. The highest BCUT2D eigenvalue weighted by Crippen LogP contribution is 2.06. The van der Waals surface area contributed by atoms with Crippen LogP contribution in [-0.2, 0) is 4.74 Å². The maximum Gasteiger partial charge on any atom is 0.189 e. The van der Waals surface area contributed by atoms with Crippen LogP contribution >= 0.6 is 11.3 Å². The molecule has 0 unspecified atom stereocenters. The molecule has 1 heterocycles. The van der Waals surface area contributed by atoms with Crippen LogP contribution in [0.2, 0.25) is 0 Å². The molecule has 54 valence electrons. The van der Waals surface area contributed by atoms with Gasteiger partial charge in [0.1, 0.15) is 6.61 Å². The van der Waals surface area contributed by atoms with Crippen LogP contribution in [0.4, 0.5) is 0 Å². The summed E-state index contributed by atoms with van der Waals surface area (Å²) < 4.78 is 4.68. The summed E-state index contributed by atoms with van der Waals surface area (Å²) in [5, 5.41) is 3.70. The van der Waals surface area contributed by atoms with Gasteiger partial charge in [-0.25, -0.2) is 0 Å². The first kappa shape index (κ1) is 7.44. The normalized spacial score (nSPS) is 9.70. The van der Waals surface area contributed by atoms with Gasteiger partial charge in [-0.3, -0.25) is 4.79 Å². The second-order valence-corrected chi connectivity index (χ2v) is 2.65. The van der Waals surface area contributed by atoms with Gasteiger partial charge in [-0.2, -0.15) is 11.3 Å². The van der Waals surface area contributed by atoms with Gasteiger partial charge in [0.05, 0.1) is 0 Å². The molecule has 0 spiro atoms. The molecule has 2 nitrogen and oxygen atoms in total. The SMILES string of the molecule is COCC(=O)c1ccsc1. The Hall–Kier alpha value is -0.670. The summed E-state index contributed by atoms with van der Waals surface area (Å²) in [5.74, 6) is 0.0451. The Labute approximate surface area is 63.4 Å². The Balaban J connectivity index is 2.59. The predicted molar refractivity (Wildman–Crippen MR) is 40.5 cm³/mol. The fourth-order valence-corrected chi connectivity index (χ4v) is 1.30. The standard InChI is InChI=1S/C7H8O2S/c1-9-4-7(8)6-2-3-10-5-6/h2-3,5H,4H2,1H3. The highest BCUT2D eigenvalue weighted by atomic mass is 32.1. The zero-order valence-electron chi connectivity index (χ0n) is 5.66. The van der Waals surface area contributed by atoms with E-state index in [1.54, 1.807) is 6.07 Å². The van der Waals surface area contributed by atoms with E-state index in [4.69, 9.17) is 0 Å². The molecule has 0 fully saturated rings. The minimum atomic E-state index is 0.0451. The molecule has 0 amide bonds. The lowest BCUT2D eigenvalue weighted by Gasteiger charge is -1.92. The van der Waals surface area contributed by atoms with Gasteiger partial charge in [0.2, 0.25) is 0 Å². The number of rotatable bonds is 3. The van der Waals surface area contributed by atoms with Gasteiger partial charge in [0.25, 0.3) is 0 Å². The van der Waals surface area contributed by atoms with Crippen molar-refractivity contribution in [3.63, 3.8) is 0 Å². The minimum Gasteiger partial charge on any atom is -0.377 e. The van der Waals surface area contributed by atoms with Crippen LogP contribution in [0.1, 0.15) is 10.4 Å². The van der Waals surface area contributed by atoms with Crippen molar-refractivity contribution in [2.75, 3.05) is 13.7 Å². The second-order valence-electron chi connectivity index (χ2n) is 1.87. The number of thiophene rings is 1. The average molecular weight is 156 g/mol. The number of carbonyl (C=O) groups excluding carboxylic acids is 1. The Morgan fingerprint density at radius 3 is 3.10 bits per heavy atom. The van der Waals surface area contributed by atoms with Gasteiger partial charge in [0, 0.05) is 18.1 Å². The topological polar surface area (TPSA) is 26.3 Å². The van der Waals surface area contributed by atoms with Crippen molar-refractivity contribution in [2.24, 2.45) is 0 Å². The first-order chi connectivity index (χ1) is 4.84. The molecule has 1 aromatic rings. The molecule has 0 aliphatic heterocycles. The first-order valence-corrected chi connectivity index (χ1v) is 3.83. The van der Waals surface area contributed by atoms with Crippen LogP contribution in [0.5, 0.6) is 0 Å². The van der Waals surface area contributed by atoms with Crippen LogP contribution in [0, 0.1) is 0 Å². The van der Waals surface area contributed by atoms with Crippen molar-refractivity contribution in [3.05, 3.63) is 22.4 Å². The van der Waals surface area contributed by atoms with E-state index in [1.165, 1.54) is 18.4 Å². The van der Waals surface area contributed by atoms with E-state index < -0.39 is 0 Å². The third kappa shape index (κ3) is 1.65. The van der Waals surface area contributed by atoms with E-state index in [0.717, 1.165) is 5.56 Å². The maximum absolute atomic E-state index is 11.0. The van der Waals surface area contributed by atoms with Crippen LogP contribution < -0.4 is 0 Å². The summed E-state index contributed by atoms with van der Waals surface area (Å²) in [6.07, 6.45) is 0. The average Bonchev–Trinajstić information content (AvgIpc) is 2.38. The van der Waals surface area contributed by atoms with Gasteiger partial charge < -0.3 is 4.74 Å². The number of Topliss-reactive ketones (excluding diaryl/α,β-unsaturated/α-hetero) is 1. The van der Waals surface area contributed by atoms with Crippen molar-refractivity contribution in [3.8, 4) is 0 Å². The number of carbonyl (C=O) groups is 1. The molecule has 1 aromatic heterocycles. The number of hydrogen-bond donors (Lipinski definition) is 0. The molecule has 0 saturated carbocycles. The van der Waals surface area contributed by atoms with Crippen LogP contribution in [-0.4, -0.2) is 19.5 Å².